The molecule has 4 heteroatoms. The Bertz CT molecular complexity index is 390. The van der Waals surface area contributed by atoms with Crippen molar-refractivity contribution in [3.8, 4) is 0 Å². The maximum absolute atomic E-state index is 10.9. The van der Waals surface area contributed by atoms with Crippen molar-refractivity contribution in [3.63, 3.8) is 0 Å². The van der Waals surface area contributed by atoms with Crippen molar-refractivity contribution in [3.05, 3.63) is 22.5 Å². The molecule has 76 valence electrons. The minimum absolute atomic E-state index is 0.0328. The van der Waals surface area contributed by atoms with Crippen LogP contribution in [0.2, 0.25) is 0 Å². The lowest BCUT2D eigenvalue weighted by atomic mass is 10.0. The van der Waals surface area contributed by atoms with Crippen molar-refractivity contribution >= 4 is 11.8 Å². The second kappa shape index (κ2) is 3.65. The molecule has 0 bridgehead atoms. The number of H-pyrrole nitrogens is 1. The van der Waals surface area contributed by atoms with Gasteiger partial charge in [0.05, 0.1) is 5.56 Å². The van der Waals surface area contributed by atoms with Gasteiger partial charge in [0.25, 0.3) is 0 Å². The Balaban J connectivity index is 3.24. The van der Waals surface area contributed by atoms with Gasteiger partial charge < -0.3 is 10.1 Å². The van der Waals surface area contributed by atoms with Gasteiger partial charge in [0.1, 0.15) is 5.78 Å². The van der Waals surface area contributed by atoms with Crippen LogP contribution in [0.1, 0.15) is 34.2 Å². The Morgan fingerprint density at radius 3 is 2.29 bits per heavy atom. The van der Waals surface area contributed by atoms with E-state index < -0.39 is 5.97 Å². The number of carboxylic acid groups (broad SMARTS) is 1. The van der Waals surface area contributed by atoms with Crippen LogP contribution in [0.3, 0.4) is 0 Å². The molecule has 0 amide bonds. The molecule has 14 heavy (non-hydrogen) atoms. The van der Waals surface area contributed by atoms with Gasteiger partial charge in [-0.05, 0) is 26.3 Å². The van der Waals surface area contributed by atoms with Crippen LogP contribution in [0.25, 0.3) is 0 Å². The molecule has 1 heterocycles. The Labute approximate surface area is 81.9 Å². The number of ketones is 1. The molecule has 0 saturated carbocycles. The molecule has 1 rings (SSSR count). The number of hydrogen-bond donors (Lipinski definition) is 2. The molecule has 1 aromatic heterocycles. The molecule has 0 aromatic carbocycles. The van der Waals surface area contributed by atoms with Crippen LogP contribution in [0.5, 0.6) is 0 Å². The van der Waals surface area contributed by atoms with Crippen LogP contribution in [0.15, 0.2) is 0 Å². The molecule has 0 radical (unpaired) electrons. The normalized spacial score (nSPS) is 10.2. The molecule has 0 fully saturated rings. The summed E-state index contributed by atoms with van der Waals surface area (Å²) in [7, 11) is 0. The predicted octanol–water partition coefficient (Wildman–Crippen LogP) is 1.46. The molecule has 0 aliphatic heterocycles. The quantitative estimate of drug-likeness (QED) is 0.767. The van der Waals surface area contributed by atoms with E-state index in [0.717, 1.165) is 5.69 Å². The summed E-state index contributed by atoms with van der Waals surface area (Å²) in [6, 6.07) is 0. The maximum atomic E-state index is 10.9. The molecule has 1 aromatic rings. The molecule has 0 atom stereocenters. The first kappa shape index (κ1) is 10.5. The molecule has 2 N–H and O–H groups in total. The highest BCUT2D eigenvalue weighted by atomic mass is 16.4. The van der Waals surface area contributed by atoms with E-state index in [0.29, 0.717) is 11.3 Å². The van der Waals surface area contributed by atoms with Crippen molar-refractivity contribution in [1.29, 1.82) is 0 Å². The van der Waals surface area contributed by atoms with E-state index in [9.17, 15) is 9.59 Å². The predicted molar refractivity (Wildman–Crippen MR) is 51.6 cm³/mol. The van der Waals surface area contributed by atoms with Gasteiger partial charge in [0, 0.05) is 17.8 Å². The Hall–Kier alpha value is -1.58. The number of aryl methyl sites for hydroxylation is 2. The average Bonchev–Trinajstić information content (AvgIpc) is 2.25. The highest BCUT2D eigenvalue weighted by Gasteiger charge is 2.18. The summed E-state index contributed by atoms with van der Waals surface area (Å²) in [5.74, 6) is -1.02. The third kappa shape index (κ3) is 1.84. The van der Waals surface area contributed by atoms with E-state index >= 15 is 0 Å². The summed E-state index contributed by atoms with van der Waals surface area (Å²) in [5.41, 5.74) is 2.20. The Morgan fingerprint density at radius 2 is 1.86 bits per heavy atom. The molecule has 0 spiro atoms. The fraction of sp³-hybridized carbons (Fsp3) is 0.400. The van der Waals surface area contributed by atoms with E-state index in [-0.39, 0.29) is 17.8 Å². The molecule has 0 aliphatic rings. The van der Waals surface area contributed by atoms with E-state index in [1.807, 2.05) is 0 Å². The van der Waals surface area contributed by atoms with E-state index in [2.05, 4.69) is 4.98 Å². The van der Waals surface area contributed by atoms with Gasteiger partial charge in [-0.3, -0.25) is 4.79 Å². The number of aromatic amines is 1. The smallest absolute Gasteiger partial charge is 0.337 e. The number of aromatic nitrogens is 1. The van der Waals surface area contributed by atoms with Crippen LogP contribution in [0, 0.1) is 13.8 Å². The lowest BCUT2D eigenvalue weighted by molar-refractivity contribution is -0.116. The number of carboxylic acids is 1. The molecule has 0 aliphatic carbocycles. The van der Waals surface area contributed by atoms with Crippen molar-refractivity contribution in [2.45, 2.75) is 27.2 Å². The summed E-state index contributed by atoms with van der Waals surface area (Å²) in [4.78, 5) is 24.8. The molecule has 0 unspecified atom stereocenters. The molecular formula is C10H13NO3. The standard InChI is InChI=1S/C10H13NO3/c1-5(12)4-8-6(2)11-7(3)9(8)10(13)14/h11H,4H2,1-3H3,(H,13,14). The van der Waals surface area contributed by atoms with Crippen molar-refractivity contribution in [1.82, 2.24) is 4.98 Å². The number of carbonyl (C=O) groups is 2. The first-order chi connectivity index (χ1) is 6.43. The summed E-state index contributed by atoms with van der Waals surface area (Å²) in [6.45, 7) is 4.92. The first-order valence-corrected chi connectivity index (χ1v) is 4.34. The topological polar surface area (TPSA) is 70.2 Å². The van der Waals surface area contributed by atoms with Gasteiger partial charge in [-0.15, -0.1) is 0 Å². The van der Waals surface area contributed by atoms with Crippen LogP contribution >= 0.6 is 0 Å². The van der Waals surface area contributed by atoms with Gasteiger partial charge in [0.2, 0.25) is 0 Å². The number of Topliss-reactive ketones (excluding diaryl/α,β-unsaturated/α-hetero) is 1. The lowest BCUT2D eigenvalue weighted by Crippen LogP contribution is -2.05. The number of nitrogens with one attached hydrogen (secondary N) is 1. The largest absolute Gasteiger partial charge is 0.478 e. The minimum atomic E-state index is -0.983. The van der Waals surface area contributed by atoms with E-state index in [1.54, 1.807) is 13.8 Å². The summed E-state index contributed by atoms with van der Waals surface area (Å²) < 4.78 is 0. The maximum Gasteiger partial charge on any atom is 0.337 e. The van der Waals surface area contributed by atoms with Gasteiger partial charge in [0.15, 0.2) is 0 Å². The second-order valence-corrected chi connectivity index (χ2v) is 3.41. The van der Waals surface area contributed by atoms with Crippen molar-refractivity contribution in [2.24, 2.45) is 0 Å². The van der Waals surface area contributed by atoms with Crippen LogP contribution in [0.4, 0.5) is 0 Å². The van der Waals surface area contributed by atoms with Crippen molar-refractivity contribution < 1.29 is 14.7 Å². The van der Waals surface area contributed by atoms with E-state index in [4.69, 9.17) is 5.11 Å². The molecule has 4 nitrogen and oxygen atoms in total. The van der Waals surface area contributed by atoms with Crippen molar-refractivity contribution in [2.75, 3.05) is 0 Å². The molecular weight excluding hydrogens is 182 g/mol. The fourth-order valence-electron chi connectivity index (χ4n) is 1.59. The first-order valence-electron chi connectivity index (χ1n) is 4.34. The SMILES string of the molecule is CC(=O)Cc1c(C)[nH]c(C)c1C(=O)O. The van der Waals surface area contributed by atoms with E-state index in [1.165, 1.54) is 6.92 Å². The monoisotopic (exact) mass is 195 g/mol. The lowest BCUT2D eigenvalue weighted by Gasteiger charge is -1.99. The number of rotatable bonds is 3. The second-order valence-electron chi connectivity index (χ2n) is 3.41. The van der Waals surface area contributed by atoms with Gasteiger partial charge in [-0.25, -0.2) is 4.79 Å². The fourth-order valence-corrected chi connectivity index (χ4v) is 1.59. The highest BCUT2D eigenvalue weighted by Crippen LogP contribution is 2.18. The van der Waals surface area contributed by atoms with Gasteiger partial charge >= 0.3 is 5.97 Å². The van der Waals surface area contributed by atoms with Gasteiger partial charge in [-0.2, -0.15) is 0 Å². The average molecular weight is 195 g/mol. The number of hydrogen-bond acceptors (Lipinski definition) is 2. The Morgan fingerprint density at radius 1 is 1.29 bits per heavy atom. The van der Waals surface area contributed by atoms with Crippen LogP contribution < -0.4 is 0 Å². The zero-order valence-corrected chi connectivity index (χ0v) is 8.47. The summed E-state index contributed by atoms with van der Waals surface area (Å²) >= 11 is 0. The zero-order chi connectivity index (χ0) is 10.9. The Kier molecular flexibility index (Phi) is 2.74. The van der Waals surface area contributed by atoms with Gasteiger partial charge in [-0.1, -0.05) is 0 Å². The molecule has 0 saturated heterocycles. The third-order valence-corrected chi connectivity index (χ3v) is 2.14. The number of carbonyl (C=O) groups excluding carboxylic acids is 1. The summed E-state index contributed by atoms with van der Waals surface area (Å²) in [5, 5.41) is 8.94. The zero-order valence-electron chi connectivity index (χ0n) is 8.47. The van der Waals surface area contributed by atoms with Crippen LogP contribution in [-0.2, 0) is 11.2 Å². The summed E-state index contributed by atoms with van der Waals surface area (Å²) in [6.07, 6.45) is 0.178. The highest BCUT2D eigenvalue weighted by molar-refractivity contribution is 5.93. The number of aromatic carboxylic acids is 1. The van der Waals surface area contributed by atoms with Crippen LogP contribution in [-0.4, -0.2) is 21.8 Å². The minimum Gasteiger partial charge on any atom is -0.478 e. The third-order valence-electron chi connectivity index (χ3n) is 2.14.